The molecule has 4 nitrogen and oxygen atoms in total. The molecule has 1 N–H and O–H groups in total. The molecule has 1 amide bonds. The maximum atomic E-state index is 13.3. The van der Waals surface area contributed by atoms with E-state index in [0.717, 1.165) is 5.56 Å². The summed E-state index contributed by atoms with van der Waals surface area (Å²) < 4.78 is 85.6. The van der Waals surface area contributed by atoms with Crippen LogP contribution in [0.25, 0.3) is 0 Å². The summed E-state index contributed by atoms with van der Waals surface area (Å²) >= 11 is 0. The van der Waals surface area contributed by atoms with Crippen molar-refractivity contribution in [1.82, 2.24) is 4.90 Å². The molecule has 1 aliphatic heterocycles. The van der Waals surface area contributed by atoms with E-state index in [1.807, 2.05) is 12.1 Å². The number of aliphatic hydroxyl groups is 1. The van der Waals surface area contributed by atoms with Gasteiger partial charge in [0.15, 0.2) is 0 Å². The molecular weight excluding hydrogens is 464 g/mol. The minimum atomic E-state index is -4.94. The van der Waals surface area contributed by atoms with Crippen LogP contribution in [0.5, 0.6) is 0 Å². The lowest BCUT2D eigenvalue weighted by Crippen LogP contribution is -2.46. The van der Waals surface area contributed by atoms with E-state index < -0.39 is 35.7 Å². The standard InChI is InChI=1S/C24H25F6NO3/c1-15(17-11-18(23(25,26)27)13-19(12-17)24(28,29)30)34-21-7-9-31(22(33)8-10-32)14-20(21)16-5-3-2-4-6-16/h2-6,11-13,15,20-21,32H,7-10,14H2,1H3/t15-,20+,21+/m1/s1. The van der Waals surface area contributed by atoms with Gasteiger partial charge in [-0.1, -0.05) is 30.3 Å². The van der Waals surface area contributed by atoms with Crippen LogP contribution in [0.3, 0.4) is 0 Å². The summed E-state index contributed by atoms with van der Waals surface area (Å²) in [5, 5.41) is 9.07. The van der Waals surface area contributed by atoms with E-state index in [4.69, 9.17) is 9.84 Å². The molecule has 0 unspecified atom stereocenters. The Morgan fingerprint density at radius 2 is 1.65 bits per heavy atom. The molecule has 10 heteroatoms. The van der Waals surface area contributed by atoms with E-state index in [2.05, 4.69) is 0 Å². The zero-order chi connectivity index (χ0) is 25.1. The lowest BCUT2D eigenvalue weighted by molar-refractivity contribution is -0.143. The van der Waals surface area contributed by atoms with Gasteiger partial charge in [0, 0.05) is 25.4 Å². The van der Waals surface area contributed by atoms with E-state index in [-0.39, 0.29) is 43.0 Å². The molecule has 2 aromatic rings. The third kappa shape index (κ3) is 6.29. The van der Waals surface area contributed by atoms with Gasteiger partial charge in [0.25, 0.3) is 0 Å². The van der Waals surface area contributed by atoms with Gasteiger partial charge in [-0.15, -0.1) is 0 Å². The van der Waals surface area contributed by atoms with E-state index >= 15 is 0 Å². The monoisotopic (exact) mass is 489 g/mol. The van der Waals surface area contributed by atoms with E-state index in [1.165, 1.54) is 6.92 Å². The highest BCUT2D eigenvalue weighted by atomic mass is 19.4. The Kier molecular flexibility index (Phi) is 7.92. The average molecular weight is 489 g/mol. The first-order chi connectivity index (χ1) is 15.9. The largest absolute Gasteiger partial charge is 0.416 e. The van der Waals surface area contributed by atoms with Crippen molar-refractivity contribution in [3.63, 3.8) is 0 Å². The number of rotatable bonds is 6. The maximum absolute atomic E-state index is 13.3. The summed E-state index contributed by atoms with van der Waals surface area (Å²) in [6, 6.07) is 10.5. The van der Waals surface area contributed by atoms with Gasteiger partial charge in [0.2, 0.25) is 5.91 Å². The first-order valence-corrected chi connectivity index (χ1v) is 10.8. The van der Waals surface area contributed by atoms with Crippen LogP contribution in [0.2, 0.25) is 0 Å². The number of amides is 1. The number of hydrogen-bond acceptors (Lipinski definition) is 3. The van der Waals surface area contributed by atoms with Crippen molar-refractivity contribution in [1.29, 1.82) is 0 Å². The molecule has 3 rings (SSSR count). The van der Waals surface area contributed by atoms with Crippen molar-refractivity contribution >= 4 is 5.91 Å². The zero-order valence-electron chi connectivity index (χ0n) is 18.4. The number of aliphatic hydroxyl groups excluding tert-OH is 1. The zero-order valence-corrected chi connectivity index (χ0v) is 18.4. The molecule has 1 aliphatic rings. The van der Waals surface area contributed by atoms with Gasteiger partial charge in [0.1, 0.15) is 0 Å². The Morgan fingerprint density at radius 1 is 1.06 bits per heavy atom. The Labute approximate surface area is 193 Å². The van der Waals surface area contributed by atoms with Gasteiger partial charge in [-0.25, -0.2) is 0 Å². The summed E-state index contributed by atoms with van der Waals surface area (Å²) in [6.45, 7) is 1.69. The molecule has 0 spiro atoms. The van der Waals surface area contributed by atoms with Gasteiger partial charge in [-0.05, 0) is 42.7 Å². The minimum Gasteiger partial charge on any atom is -0.396 e. The van der Waals surface area contributed by atoms with Crippen LogP contribution >= 0.6 is 0 Å². The molecule has 0 radical (unpaired) electrons. The number of ether oxygens (including phenoxy) is 1. The number of alkyl halides is 6. The number of piperidine rings is 1. The molecule has 3 atom stereocenters. The lowest BCUT2D eigenvalue weighted by atomic mass is 9.87. The predicted molar refractivity (Wildman–Crippen MR) is 112 cm³/mol. The molecule has 186 valence electrons. The van der Waals surface area contributed by atoms with Crippen LogP contribution in [0.1, 0.15) is 54.0 Å². The fraction of sp³-hybridized carbons (Fsp3) is 0.458. The first-order valence-electron chi connectivity index (χ1n) is 10.8. The van der Waals surface area contributed by atoms with Crippen molar-refractivity contribution in [2.45, 2.75) is 50.2 Å². The first kappa shape index (κ1) is 26.0. The highest BCUT2D eigenvalue weighted by molar-refractivity contribution is 5.76. The Bertz CT molecular complexity index is 945. The Hall–Kier alpha value is -2.59. The lowest BCUT2D eigenvalue weighted by Gasteiger charge is -2.40. The summed E-state index contributed by atoms with van der Waals surface area (Å²) in [7, 11) is 0. The molecule has 0 aliphatic carbocycles. The summed E-state index contributed by atoms with van der Waals surface area (Å²) in [6.07, 6.45) is -11.2. The van der Waals surface area contributed by atoms with Gasteiger partial charge in [0.05, 0.1) is 29.9 Å². The molecule has 1 fully saturated rings. The Morgan fingerprint density at radius 3 is 2.18 bits per heavy atom. The second-order valence-electron chi connectivity index (χ2n) is 8.28. The van der Waals surface area contributed by atoms with Crippen molar-refractivity contribution in [3.8, 4) is 0 Å². The number of halogens is 6. The number of carbonyl (C=O) groups excluding carboxylic acids is 1. The topological polar surface area (TPSA) is 49.8 Å². The highest BCUT2D eigenvalue weighted by Crippen LogP contribution is 2.39. The van der Waals surface area contributed by atoms with Crippen molar-refractivity contribution in [2.24, 2.45) is 0 Å². The second kappa shape index (κ2) is 10.4. The molecule has 0 aromatic heterocycles. The van der Waals surface area contributed by atoms with E-state index in [0.29, 0.717) is 25.1 Å². The van der Waals surface area contributed by atoms with Gasteiger partial charge in [-0.2, -0.15) is 26.3 Å². The highest BCUT2D eigenvalue weighted by Gasteiger charge is 2.38. The summed E-state index contributed by atoms with van der Waals surface area (Å²) in [5.74, 6) is -0.574. The molecule has 34 heavy (non-hydrogen) atoms. The van der Waals surface area contributed by atoms with Crippen LogP contribution in [-0.4, -0.2) is 41.7 Å². The van der Waals surface area contributed by atoms with Crippen LogP contribution in [0.4, 0.5) is 26.3 Å². The quantitative estimate of drug-likeness (QED) is 0.540. The van der Waals surface area contributed by atoms with Gasteiger partial charge < -0.3 is 14.7 Å². The summed E-state index contributed by atoms with van der Waals surface area (Å²) in [4.78, 5) is 13.9. The average Bonchev–Trinajstić information content (AvgIpc) is 2.78. The molecule has 2 aromatic carbocycles. The third-order valence-corrected chi connectivity index (χ3v) is 5.91. The minimum absolute atomic E-state index is 0.0338. The van der Waals surface area contributed by atoms with E-state index in [1.54, 1.807) is 23.1 Å². The smallest absolute Gasteiger partial charge is 0.396 e. The second-order valence-corrected chi connectivity index (χ2v) is 8.28. The third-order valence-electron chi connectivity index (χ3n) is 5.91. The maximum Gasteiger partial charge on any atom is 0.416 e. The van der Waals surface area contributed by atoms with Crippen molar-refractivity contribution < 1.29 is 41.0 Å². The SMILES string of the molecule is C[C@@H](O[C@H]1CCN(C(=O)CCO)C[C@H]1c1ccccc1)c1cc(C(F)(F)F)cc(C(F)(F)F)c1. The molecule has 0 bridgehead atoms. The van der Waals surface area contributed by atoms with Crippen molar-refractivity contribution in [3.05, 3.63) is 70.8 Å². The van der Waals surface area contributed by atoms with Crippen molar-refractivity contribution in [2.75, 3.05) is 19.7 Å². The van der Waals surface area contributed by atoms with Gasteiger partial charge in [-0.3, -0.25) is 4.79 Å². The normalized spacial score (nSPS) is 20.3. The van der Waals surface area contributed by atoms with E-state index in [9.17, 15) is 31.1 Å². The van der Waals surface area contributed by atoms with Crippen LogP contribution in [-0.2, 0) is 21.9 Å². The molecule has 1 saturated heterocycles. The predicted octanol–water partition coefficient (Wildman–Crippen LogP) is 5.57. The Balaban J connectivity index is 1.89. The number of carbonyl (C=O) groups is 1. The number of hydrogen-bond donors (Lipinski definition) is 1. The fourth-order valence-electron chi connectivity index (χ4n) is 4.15. The molecule has 1 heterocycles. The molecule has 0 saturated carbocycles. The van der Waals surface area contributed by atoms with Gasteiger partial charge >= 0.3 is 12.4 Å². The van der Waals surface area contributed by atoms with Crippen LogP contribution < -0.4 is 0 Å². The molecular formula is C24H25F6NO3. The number of benzene rings is 2. The van der Waals surface area contributed by atoms with Crippen LogP contribution in [0, 0.1) is 0 Å². The fourth-order valence-corrected chi connectivity index (χ4v) is 4.15. The van der Waals surface area contributed by atoms with Crippen LogP contribution in [0.15, 0.2) is 48.5 Å². The summed E-state index contributed by atoms with van der Waals surface area (Å²) in [5.41, 5.74) is -2.18. The number of likely N-dealkylation sites (tertiary alicyclic amines) is 1. The number of nitrogens with zero attached hydrogens (tertiary/aromatic N) is 1.